The molecule has 1 aliphatic rings. The third-order valence-electron chi connectivity index (χ3n) is 3.48. The Labute approximate surface area is 125 Å². The summed E-state index contributed by atoms with van der Waals surface area (Å²) in [4.78, 5) is 17.4. The summed E-state index contributed by atoms with van der Waals surface area (Å²) in [5.74, 6) is -1.62. The molecular weight excluding hydrogens is 293 g/mol. The van der Waals surface area contributed by atoms with Crippen molar-refractivity contribution in [3.05, 3.63) is 34.6 Å². The van der Waals surface area contributed by atoms with Crippen LogP contribution in [0.5, 0.6) is 5.75 Å². The van der Waals surface area contributed by atoms with Gasteiger partial charge in [0.05, 0.1) is 12.3 Å². The van der Waals surface area contributed by atoms with Crippen LogP contribution in [0.4, 0.5) is 4.39 Å². The van der Waals surface area contributed by atoms with E-state index in [1.54, 1.807) is 13.0 Å². The molecule has 3 rings (SSSR count). The fraction of sp³-hybridized carbons (Fsp3) is 0.333. The van der Waals surface area contributed by atoms with Gasteiger partial charge < -0.3 is 9.84 Å². The Bertz CT molecular complexity index is 698. The van der Waals surface area contributed by atoms with E-state index in [0.717, 1.165) is 23.4 Å². The number of thiazole rings is 1. The zero-order valence-corrected chi connectivity index (χ0v) is 12.2. The van der Waals surface area contributed by atoms with Crippen LogP contribution in [0, 0.1) is 5.82 Å². The monoisotopic (exact) mass is 307 g/mol. The van der Waals surface area contributed by atoms with Crippen molar-refractivity contribution in [2.75, 3.05) is 6.61 Å². The molecule has 1 aromatic heterocycles. The number of nitrogens with zero attached hydrogens (tertiary/aromatic N) is 1. The summed E-state index contributed by atoms with van der Waals surface area (Å²) in [6.45, 7) is 2.13. The van der Waals surface area contributed by atoms with Gasteiger partial charge in [-0.2, -0.15) is 0 Å². The number of aromatic nitrogens is 1. The Morgan fingerprint density at radius 2 is 2.38 bits per heavy atom. The van der Waals surface area contributed by atoms with Gasteiger partial charge in [0.15, 0.2) is 11.6 Å². The first kappa shape index (κ1) is 14.0. The van der Waals surface area contributed by atoms with E-state index in [2.05, 4.69) is 4.98 Å². The van der Waals surface area contributed by atoms with Gasteiger partial charge in [-0.3, -0.25) is 4.79 Å². The summed E-state index contributed by atoms with van der Waals surface area (Å²) < 4.78 is 18.5. The van der Waals surface area contributed by atoms with Crippen LogP contribution >= 0.6 is 11.3 Å². The first-order chi connectivity index (χ1) is 10.1. The average molecular weight is 307 g/mol. The molecule has 0 bridgehead atoms. The maximum absolute atomic E-state index is 13.4. The van der Waals surface area contributed by atoms with Crippen molar-refractivity contribution >= 4 is 17.3 Å². The van der Waals surface area contributed by atoms with Gasteiger partial charge >= 0.3 is 5.97 Å². The highest BCUT2D eigenvalue weighted by Gasteiger charge is 2.33. The molecule has 1 N–H and O–H groups in total. The average Bonchev–Trinajstić information content (AvgIpc) is 3.01. The number of rotatable bonds is 3. The highest BCUT2D eigenvalue weighted by molar-refractivity contribution is 7.15. The summed E-state index contributed by atoms with van der Waals surface area (Å²) in [6.07, 6.45) is 1.51. The number of carbonyl (C=O) groups excluding carboxylic acids is 1. The van der Waals surface area contributed by atoms with E-state index in [9.17, 15) is 14.3 Å². The Hall–Kier alpha value is -1.95. The molecule has 1 aliphatic carbocycles. The van der Waals surface area contributed by atoms with E-state index in [1.165, 1.54) is 23.5 Å². The van der Waals surface area contributed by atoms with Crippen LogP contribution in [0.1, 0.15) is 29.8 Å². The predicted octanol–water partition coefficient (Wildman–Crippen LogP) is 3.25. The van der Waals surface area contributed by atoms with Crippen LogP contribution in [0.2, 0.25) is 0 Å². The summed E-state index contributed by atoms with van der Waals surface area (Å²) in [7, 11) is 0. The van der Waals surface area contributed by atoms with Crippen LogP contribution in [-0.2, 0) is 16.0 Å². The lowest BCUT2D eigenvalue weighted by Crippen LogP contribution is -2.14. The van der Waals surface area contributed by atoms with Crippen molar-refractivity contribution in [1.82, 2.24) is 4.98 Å². The van der Waals surface area contributed by atoms with E-state index in [0.29, 0.717) is 17.2 Å². The zero-order valence-electron chi connectivity index (χ0n) is 11.4. The Kier molecular flexibility index (Phi) is 3.63. The standard InChI is InChI=1S/C15H14FNO3S/c1-2-20-15(19)9-4-6-12-13(9)17-14(21-12)8-3-5-11(18)10(16)7-8/h3,5,7,9,18H,2,4,6H2,1H3. The summed E-state index contributed by atoms with van der Waals surface area (Å²) in [5.41, 5.74) is 1.36. The van der Waals surface area contributed by atoms with Crippen molar-refractivity contribution < 1.29 is 19.0 Å². The largest absolute Gasteiger partial charge is 0.505 e. The SMILES string of the molecule is CCOC(=O)C1CCc2sc(-c3ccc(O)c(F)c3)nc21. The molecule has 0 spiro atoms. The second-order valence-corrected chi connectivity index (χ2v) is 5.92. The molecule has 110 valence electrons. The van der Waals surface area contributed by atoms with Crippen LogP contribution < -0.4 is 0 Å². The number of ether oxygens (including phenoxy) is 1. The second kappa shape index (κ2) is 5.44. The molecule has 2 aromatic rings. The minimum absolute atomic E-state index is 0.245. The highest BCUT2D eigenvalue weighted by Crippen LogP contribution is 2.40. The Balaban J connectivity index is 1.92. The molecule has 0 aliphatic heterocycles. The number of carbonyl (C=O) groups is 1. The Morgan fingerprint density at radius 3 is 3.10 bits per heavy atom. The summed E-state index contributed by atoms with van der Waals surface area (Å²) in [5, 5.41) is 9.89. The highest BCUT2D eigenvalue weighted by atomic mass is 32.1. The van der Waals surface area contributed by atoms with Crippen LogP contribution in [0.3, 0.4) is 0 Å². The van der Waals surface area contributed by atoms with Crippen LogP contribution in [0.25, 0.3) is 10.6 Å². The minimum Gasteiger partial charge on any atom is -0.505 e. The van der Waals surface area contributed by atoms with Crippen molar-refractivity contribution in [3.8, 4) is 16.3 Å². The van der Waals surface area contributed by atoms with Gasteiger partial charge in [-0.25, -0.2) is 9.37 Å². The molecular formula is C15H14FNO3S. The maximum atomic E-state index is 13.4. The van der Waals surface area contributed by atoms with Gasteiger partial charge in [-0.15, -0.1) is 11.3 Å². The van der Waals surface area contributed by atoms with Gasteiger partial charge in [0.1, 0.15) is 10.9 Å². The predicted molar refractivity (Wildman–Crippen MR) is 76.9 cm³/mol. The lowest BCUT2D eigenvalue weighted by atomic mass is 10.1. The topological polar surface area (TPSA) is 59.4 Å². The van der Waals surface area contributed by atoms with Crippen molar-refractivity contribution in [1.29, 1.82) is 0 Å². The van der Waals surface area contributed by atoms with E-state index in [4.69, 9.17) is 4.74 Å². The third kappa shape index (κ3) is 2.51. The van der Waals surface area contributed by atoms with Gasteiger partial charge in [-0.05, 0) is 38.0 Å². The lowest BCUT2D eigenvalue weighted by molar-refractivity contribution is -0.145. The lowest BCUT2D eigenvalue weighted by Gasteiger charge is -2.07. The first-order valence-electron chi connectivity index (χ1n) is 6.75. The molecule has 0 amide bonds. The summed E-state index contributed by atoms with van der Waals surface area (Å²) >= 11 is 1.46. The number of benzene rings is 1. The normalized spacial score (nSPS) is 16.8. The molecule has 6 heteroatoms. The number of hydrogen-bond donors (Lipinski definition) is 1. The smallest absolute Gasteiger partial charge is 0.315 e. The molecule has 1 atom stereocenters. The number of halogens is 1. The van der Waals surface area contributed by atoms with Crippen LogP contribution in [-0.4, -0.2) is 22.7 Å². The quantitative estimate of drug-likeness (QED) is 0.884. The number of esters is 1. The van der Waals surface area contributed by atoms with Gasteiger partial charge in [0.2, 0.25) is 0 Å². The molecule has 0 saturated heterocycles. The maximum Gasteiger partial charge on any atom is 0.315 e. The fourth-order valence-electron chi connectivity index (χ4n) is 2.46. The van der Waals surface area contributed by atoms with E-state index in [-0.39, 0.29) is 17.6 Å². The van der Waals surface area contributed by atoms with Gasteiger partial charge in [0, 0.05) is 10.4 Å². The van der Waals surface area contributed by atoms with Crippen molar-refractivity contribution in [2.24, 2.45) is 0 Å². The number of aromatic hydroxyl groups is 1. The molecule has 1 aromatic carbocycles. The molecule has 0 saturated carbocycles. The number of phenols is 1. The molecule has 0 fully saturated rings. The van der Waals surface area contributed by atoms with Crippen molar-refractivity contribution in [2.45, 2.75) is 25.7 Å². The van der Waals surface area contributed by atoms with E-state index >= 15 is 0 Å². The Morgan fingerprint density at radius 1 is 1.57 bits per heavy atom. The van der Waals surface area contributed by atoms with Crippen molar-refractivity contribution in [3.63, 3.8) is 0 Å². The van der Waals surface area contributed by atoms with E-state index in [1.807, 2.05) is 0 Å². The zero-order chi connectivity index (χ0) is 15.0. The molecule has 1 unspecified atom stereocenters. The second-order valence-electron chi connectivity index (χ2n) is 4.84. The molecule has 21 heavy (non-hydrogen) atoms. The van der Waals surface area contributed by atoms with Crippen LogP contribution in [0.15, 0.2) is 18.2 Å². The van der Waals surface area contributed by atoms with E-state index < -0.39 is 5.82 Å². The first-order valence-corrected chi connectivity index (χ1v) is 7.57. The number of phenolic OH excluding ortho intramolecular Hbond substituents is 1. The summed E-state index contributed by atoms with van der Waals surface area (Å²) in [6, 6.07) is 4.18. The molecule has 0 radical (unpaired) electrons. The molecule has 1 heterocycles. The number of hydrogen-bond acceptors (Lipinski definition) is 5. The minimum atomic E-state index is -0.676. The van der Waals surface area contributed by atoms with Gasteiger partial charge in [-0.1, -0.05) is 0 Å². The third-order valence-corrected chi connectivity index (χ3v) is 4.66. The van der Waals surface area contributed by atoms with Gasteiger partial charge in [0.25, 0.3) is 0 Å². The number of aryl methyl sites for hydroxylation is 1. The number of fused-ring (bicyclic) bond motifs is 1. The molecule has 4 nitrogen and oxygen atoms in total. The fourth-order valence-corrected chi connectivity index (χ4v) is 3.60.